The van der Waals surface area contributed by atoms with Gasteiger partial charge >= 0.3 is 0 Å². The molecule has 0 aromatic heterocycles. The third-order valence-corrected chi connectivity index (χ3v) is 3.05. The number of hydrogen-bond donors (Lipinski definition) is 1. The van der Waals surface area contributed by atoms with E-state index in [9.17, 15) is 13.9 Å². The molecule has 0 spiro atoms. The van der Waals surface area contributed by atoms with Crippen molar-refractivity contribution in [3.8, 4) is 0 Å². The Bertz CT molecular complexity index is 258. The van der Waals surface area contributed by atoms with E-state index in [1.165, 1.54) is 6.08 Å². The van der Waals surface area contributed by atoms with E-state index in [-0.39, 0.29) is 5.57 Å². The summed E-state index contributed by atoms with van der Waals surface area (Å²) in [5.74, 6) is -2.63. The zero-order valence-electron chi connectivity index (χ0n) is 9.05. The Morgan fingerprint density at radius 2 is 2.33 bits per heavy atom. The van der Waals surface area contributed by atoms with E-state index in [0.29, 0.717) is 24.8 Å². The second-order valence-corrected chi connectivity index (χ2v) is 4.13. The first kappa shape index (κ1) is 12.4. The van der Waals surface area contributed by atoms with Gasteiger partial charge in [0.15, 0.2) is 0 Å². The van der Waals surface area contributed by atoms with Crippen molar-refractivity contribution in [3.05, 3.63) is 24.3 Å². The van der Waals surface area contributed by atoms with Gasteiger partial charge < -0.3 is 5.11 Å². The maximum atomic E-state index is 13.3. The summed E-state index contributed by atoms with van der Waals surface area (Å²) in [6, 6.07) is 0. The first-order valence-corrected chi connectivity index (χ1v) is 5.40. The lowest BCUT2D eigenvalue weighted by atomic mass is 9.95. The molecule has 0 aromatic rings. The molecule has 0 amide bonds. The summed E-state index contributed by atoms with van der Waals surface area (Å²) < 4.78 is 26.7. The van der Waals surface area contributed by atoms with Crippen molar-refractivity contribution in [2.24, 2.45) is 5.92 Å². The van der Waals surface area contributed by atoms with Crippen molar-refractivity contribution in [3.63, 3.8) is 0 Å². The summed E-state index contributed by atoms with van der Waals surface area (Å²) >= 11 is 0. The van der Waals surface area contributed by atoms with Gasteiger partial charge in [0.05, 0.1) is 6.10 Å². The summed E-state index contributed by atoms with van der Waals surface area (Å²) in [5, 5.41) is 9.58. The van der Waals surface area contributed by atoms with Crippen molar-refractivity contribution in [2.75, 3.05) is 0 Å². The molecule has 0 aliphatic heterocycles. The fraction of sp³-hybridized carbons (Fsp3) is 0.667. The van der Waals surface area contributed by atoms with Crippen molar-refractivity contribution >= 4 is 0 Å². The van der Waals surface area contributed by atoms with Crippen LogP contribution in [0.1, 0.15) is 32.6 Å². The Balaban J connectivity index is 2.79. The normalized spacial score (nSPS) is 28.1. The predicted molar refractivity (Wildman–Crippen MR) is 56.9 cm³/mol. The monoisotopic (exact) mass is 216 g/mol. The standard InChI is InChI=1S/C12H18F2O/c1-3-9-5-6-10(8-11(15)7-9)12(13,14)4-2/h4,8-9,11,15H,2-3,5-7H2,1H3. The molecule has 0 heterocycles. The molecule has 86 valence electrons. The molecule has 1 N–H and O–H groups in total. The maximum absolute atomic E-state index is 13.3. The lowest BCUT2D eigenvalue weighted by molar-refractivity contribution is 0.0913. The van der Waals surface area contributed by atoms with Crippen molar-refractivity contribution in [1.29, 1.82) is 0 Å². The highest BCUT2D eigenvalue weighted by Gasteiger charge is 2.32. The van der Waals surface area contributed by atoms with Crippen molar-refractivity contribution < 1.29 is 13.9 Å². The van der Waals surface area contributed by atoms with Gasteiger partial charge in [-0.2, -0.15) is 8.78 Å². The number of allylic oxidation sites excluding steroid dienone is 2. The number of rotatable bonds is 3. The molecular formula is C12H18F2O. The van der Waals surface area contributed by atoms with E-state index in [2.05, 4.69) is 6.58 Å². The van der Waals surface area contributed by atoms with Crippen LogP contribution in [-0.2, 0) is 0 Å². The summed E-state index contributed by atoms with van der Waals surface area (Å²) in [6.45, 7) is 5.15. The van der Waals surface area contributed by atoms with Crippen LogP contribution in [0.2, 0.25) is 0 Å². The summed E-state index contributed by atoms with van der Waals surface area (Å²) in [4.78, 5) is 0. The molecule has 1 aliphatic carbocycles. The van der Waals surface area contributed by atoms with Crippen LogP contribution >= 0.6 is 0 Å². The minimum absolute atomic E-state index is 0.0148. The Kier molecular flexibility index (Phi) is 4.03. The summed E-state index contributed by atoms with van der Waals surface area (Å²) in [5.41, 5.74) is 0.0148. The highest BCUT2D eigenvalue weighted by atomic mass is 19.3. The number of aliphatic hydroxyl groups excluding tert-OH is 1. The lowest BCUT2D eigenvalue weighted by Crippen LogP contribution is -2.16. The molecule has 1 nitrogen and oxygen atoms in total. The number of hydrogen-bond acceptors (Lipinski definition) is 1. The zero-order chi connectivity index (χ0) is 11.5. The second kappa shape index (κ2) is 4.88. The molecule has 0 bridgehead atoms. The molecule has 3 heteroatoms. The van der Waals surface area contributed by atoms with E-state index < -0.39 is 12.0 Å². The third kappa shape index (κ3) is 3.13. The molecule has 0 radical (unpaired) electrons. The Labute approximate surface area is 89.5 Å². The molecule has 0 saturated carbocycles. The van der Waals surface area contributed by atoms with Crippen molar-refractivity contribution in [2.45, 2.75) is 44.6 Å². The van der Waals surface area contributed by atoms with Crippen LogP contribution in [0, 0.1) is 5.92 Å². The fourth-order valence-corrected chi connectivity index (χ4v) is 1.98. The summed E-state index contributed by atoms with van der Waals surface area (Å²) in [6.07, 6.45) is 3.82. The molecule has 2 atom stereocenters. The van der Waals surface area contributed by atoms with Gasteiger partial charge in [-0.05, 0) is 31.3 Å². The van der Waals surface area contributed by atoms with Crippen LogP contribution in [-0.4, -0.2) is 17.1 Å². The van der Waals surface area contributed by atoms with Gasteiger partial charge in [0, 0.05) is 5.57 Å². The van der Waals surface area contributed by atoms with Crippen LogP contribution in [0.3, 0.4) is 0 Å². The quantitative estimate of drug-likeness (QED) is 0.718. The van der Waals surface area contributed by atoms with Crippen molar-refractivity contribution in [1.82, 2.24) is 0 Å². The number of aliphatic hydroxyl groups is 1. The van der Waals surface area contributed by atoms with Crippen LogP contribution in [0.4, 0.5) is 8.78 Å². The minimum Gasteiger partial charge on any atom is -0.389 e. The molecule has 2 unspecified atom stereocenters. The van der Waals surface area contributed by atoms with Gasteiger partial charge in [0.1, 0.15) is 0 Å². The van der Waals surface area contributed by atoms with E-state index in [1.54, 1.807) is 0 Å². The highest BCUT2D eigenvalue weighted by Crippen LogP contribution is 2.34. The fourth-order valence-electron chi connectivity index (χ4n) is 1.98. The second-order valence-electron chi connectivity index (χ2n) is 4.13. The molecular weight excluding hydrogens is 198 g/mol. The molecule has 1 aliphatic rings. The Morgan fingerprint density at radius 1 is 1.67 bits per heavy atom. The zero-order valence-corrected chi connectivity index (χ0v) is 9.05. The van der Waals surface area contributed by atoms with E-state index >= 15 is 0 Å². The van der Waals surface area contributed by atoms with Crippen LogP contribution in [0.15, 0.2) is 24.3 Å². The predicted octanol–water partition coefficient (Wildman–Crippen LogP) is 3.31. The lowest BCUT2D eigenvalue weighted by Gasteiger charge is -2.15. The Morgan fingerprint density at radius 3 is 2.87 bits per heavy atom. The topological polar surface area (TPSA) is 20.2 Å². The average molecular weight is 216 g/mol. The first-order chi connectivity index (χ1) is 6.99. The smallest absolute Gasteiger partial charge is 0.287 e. The van der Waals surface area contributed by atoms with E-state index in [1.807, 2.05) is 6.92 Å². The first-order valence-electron chi connectivity index (χ1n) is 5.40. The van der Waals surface area contributed by atoms with Gasteiger partial charge in [-0.1, -0.05) is 26.0 Å². The van der Waals surface area contributed by atoms with E-state index in [4.69, 9.17) is 0 Å². The van der Waals surface area contributed by atoms with Crippen LogP contribution in [0.25, 0.3) is 0 Å². The van der Waals surface area contributed by atoms with Crippen LogP contribution < -0.4 is 0 Å². The molecule has 1 rings (SSSR count). The Hall–Kier alpha value is -0.700. The van der Waals surface area contributed by atoms with Gasteiger partial charge in [0.2, 0.25) is 0 Å². The minimum atomic E-state index is -2.97. The van der Waals surface area contributed by atoms with Crippen LogP contribution in [0.5, 0.6) is 0 Å². The maximum Gasteiger partial charge on any atom is 0.287 e. The summed E-state index contributed by atoms with van der Waals surface area (Å²) in [7, 11) is 0. The van der Waals surface area contributed by atoms with Gasteiger partial charge in [-0.15, -0.1) is 0 Å². The third-order valence-electron chi connectivity index (χ3n) is 3.05. The van der Waals surface area contributed by atoms with Gasteiger partial charge in [-0.3, -0.25) is 0 Å². The van der Waals surface area contributed by atoms with Gasteiger partial charge in [0.25, 0.3) is 5.92 Å². The van der Waals surface area contributed by atoms with E-state index in [0.717, 1.165) is 12.8 Å². The number of alkyl halides is 2. The average Bonchev–Trinajstić information content (AvgIpc) is 2.40. The molecule has 0 saturated heterocycles. The largest absolute Gasteiger partial charge is 0.389 e. The number of halogens is 2. The molecule has 0 fully saturated rings. The molecule has 0 aromatic carbocycles. The highest BCUT2D eigenvalue weighted by molar-refractivity contribution is 5.21. The molecule has 15 heavy (non-hydrogen) atoms. The van der Waals surface area contributed by atoms with Gasteiger partial charge in [-0.25, -0.2) is 0 Å². The SMILES string of the molecule is C=CC(F)(F)C1=CC(O)CC(CC)CC1.